The van der Waals surface area contributed by atoms with Crippen molar-refractivity contribution < 1.29 is 35.8 Å². The van der Waals surface area contributed by atoms with E-state index in [2.05, 4.69) is 0 Å². The minimum Gasteiger partial charge on any atom is -0.492 e. The van der Waals surface area contributed by atoms with E-state index in [1.165, 1.54) is 12.1 Å². The van der Waals surface area contributed by atoms with Crippen molar-refractivity contribution in [2.75, 3.05) is 31.9 Å². The predicted octanol–water partition coefficient (Wildman–Crippen LogP) is 3.91. The largest absolute Gasteiger partial charge is 0.492 e. The second-order valence-corrected chi connectivity index (χ2v) is 14.1. The van der Waals surface area contributed by atoms with Crippen LogP contribution in [0.3, 0.4) is 0 Å². The van der Waals surface area contributed by atoms with Crippen molar-refractivity contribution in [2.45, 2.75) is 49.0 Å². The zero-order valence-corrected chi connectivity index (χ0v) is 22.4. The van der Waals surface area contributed by atoms with E-state index in [-0.39, 0.29) is 33.3 Å². The molecule has 0 saturated carbocycles. The first-order valence-electron chi connectivity index (χ1n) is 11.7. The number of benzene rings is 2. The molecule has 2 aromatic carbocycles. The summed E-state index contributed by atoms with van der Waals surface area (Å²) in [5.74, 6) is 0.290. The highest BCUT2D eigenvalue weighted by Gasteiger charge is 2.29. The van der Waals surface area contributed by atoms with Crippen LogP contribution in [0.4, 0.5) is 4.79 Å². The zero-order chi connectivity index (χ0) is 26.3. The Labute approximate surface area is 212 Å². The van der Waals surface area contributed by atoms with Crippen molar-refractivity contribution in [3.63, 3.8) is 0 Å². The molecular formula is C25H31NO8S2. The van der Waals surface area contributed by atoms with Crippen molar-refractivity contribution in [2.24, 2.45) is 5.92 Å². The number of fused-ring (bicyclic) bond motifs is 1. The molecule has 11 heteroatoms. The van der Waals surface area contributed by atoms with Crippen LogP contribution in [0.15, 0.2) is 46.2 Å². The standard InChI is InChI=1S/C25H31NO8S2/c1-25(2,3)34-24(27)26-11-9-17(10-12-26)15-32-20-7-5-19(14-23(20)35(4,28)29)18-6-8-22-21(13-18)33-16-36(22,30)31/h5-8,13-14,17H,9-12,15-16H2,1-4H3. The lowest BCUT2D eigenvalue weighted by molar-refractivity contribution is 0.0164. The van der Waals surface area contributed by atoms with Gasteiger partial charge in [-0.15, -0.1) is 0 Å². The lowest BCUT2D eigenvalue weighted by atomic mass is 9.98. The first-order valence-corrected chi connectivity index (χ1v) is 15.2. The van der Waals surface area contributed by atoms with Crippen molar-refractivity contribution >= 4 is 25.8 Å². The van der Waals surface area contributed by atoms with E-state index >= 15 is 0 Å². The number of ether oxygens (including phenoxy) is 3. The minimum absolute atomic E-state index is 0.0558. The number of hydrogen-bond donors (Lipinski definition) is 0. The molecule has 0 radical (unpaired) electrons. The molecule has 1 saturated heterocycles. The molecule has 0 unspecified atom stereocenters. The van der Waals surface area contributed by atoms with Crippen molar-refractivity contribution in [1.82, 2.24) is 4.90 Å². The number of piperidine rings is 1. The highest BCUT2D eigenvalue weighted by molar-refractivity contribution is 7.91. The second-order valence-electron chi connectivity index (χ2n) is 10.2. The van der Waals surface area contributed by atoms with E-state index in [0.29, 0.717) is 30.8 Å². The number of hydrogen-bond acceptors (Lipinski definition) is 8. The van der Waals surface area contributed by atoms with E-state index in [4.69, 9.17) is 14.2 Å². The molecule has 2 aliphatic heterocycles. The van der Waals surface area contributed by atoms with Crippen LogP contribution in [0.5, 0.6) is 11.5 Å². The summed E-state index contributed by atoms with van der Waals surface area (Å²) in [4.78, 5) is 14.1. The molecule has 0 bridgehead atoms. The average molecular weight is 538 g/mol. The Morgan fingerprint density at radius 3 is 2.36 bits per heavy atom. The summed E-state index contributed by atoms with van der Waals surface area (Å²) in [7, 11) is -7.05. The van der Waals surface area contributed by atoms with Gasteiger partial charge in [-0.05, 0) is 74.9 Å². The quantitative estimate of drug-likeness (QED) is 0.564. The van der Waals surface area contributed by atoms with Crippen LogP contribution in [0.25, 0.3) is 11.1 Å². The molecule has 9 nitrogen and oxygen atoms in total. The smallest absolute Gasteiger partial charge is 0.410 e. The molecule has 0 aliphatic carbocycles. The maximum absolute atomic E-state index is 12.6. The first-order chi connectivity index (χ1) is 16.7. The van der Waals surface area contributed by atoms with Gasteiger partial charge in [0.2, 0.25) is 9.84 Å². The lowest BCUT2D eigenvalue weighted by Gasteiger charge is -2.33. The summed E-state index contributed by atoms with van der Waals surface area (Å²) >= 11 is 0. The number of carbonyl (C=O) groups is 1. The topological polar surface area (TPSA) is 116 Å². The molecule has 1 amide bonds. The molecule has 2 heterocycles. The fraction of sp³-hybridized carbons (Fsp3) is 0.480. The highest BCUT2D eigenvalue weighted by atomic mass is 32.2. The predicted molar refractivity (Wildman–Crippen MR) is 134 cm³/mol. The van der Waals surface area contributed by atoms with Crippen LogP contribution in [-0.4, -0.2) is 65.3 Å². The van der Waals surface area contributed by atoms with Gasteiger partial charge in [0.05, 0.1) is 6.61 Å². The van der Waals surface area contributed by atoms with Crippen molar-refractivity contribution in [3.8, 4) is 22.6 Å². The van der Waals surface area contributed by atoms with Gasteiger partial charge >= 0.3 is 6.09 Å². The summed E-state index contributed by atoms with van der Waals surface area (Å²) in [6, 6.07) is 9.58. The Balaban J connectivity index is 1.45. The van der Waals surface area contributed by atoms with Crippen LogP contribution >= 0.6 is 0 Å². The van der Waals surface area contributed by atoms with Gasteiger partial charge in [-0.1, -0.05) is 12.1 Å². The zero-order valence-electron chi connectivity index (χ0n) is 20.8. The maximum atomic E-state index is 12.6. The third-order valence-corrected chi connectivity index (χ3v) is 8.62. The molecule has 196 valence electrons. The minimum atomic E-state index is -3.61. The molecule has 0 N–H and O–H groups in total. The normalized spacial score (nSPS) is 17.8. The van der Waals surface area contributed by atoms with Gasteiger partial charge in [0.15, 0.2) is 15.8 Å². The van der Waals surface area contributed by atoms with Crippen molar-refractivity contribution in [3.05, 3.63) is 36.4 Å². The summed E-state index contributed by atoms with van der Waals surface area (Å²) in [5.41, 5.74) is 0.691. The van der Waals surface area contributed by atoms with Crippen molar-refractivity contribution in [1.29, 1.82) is 0 Å². The first kappa shape index (κ1) is 26.3. The summed E-state index contributed by atoms with van der Waals surface area (Å²) in [6.07, 6.45) is 2.25. The Bertz CT molecular complexity index is 1370. The van der Waals surface area contributed by atoms with Crippen LogP contribution in [0.2, 0.25) is 0 Å². The van der Waals surface area contributed by atoms with E-state index in [1.54, 1.807) is 29.2 Å². The molecular weight excluding hydrogens is 506 g/mol. The third-order valence-electron chi connectivity index (χ3n) is 6.07. The number of likely N-dealkylation sites (tertiary alicyclic amines) is 1. The molecule has 36 heavy (non-hydrogen) atoms. The van der Waals surface area contributed by atoms with Crippen LogP contribution in [0.1, 0.15) is 33.6 Å². The van der Waals surface area contributed by atoms with E-state index in [1.807, 2.05) is 20.8 Å². The molecule has 2 aliphatic rings. The Morgan fingerprint density at radius 1 is 1.08 bits per heavy atom. The molecule has 0 atom stereocenters. The summed E-state index contributed by atoms with van der Waals surface area (Å²) in [6.45, 7) is 6.93. The fourth-order valence-electron chi connectivity index (χ4n) is 4.17. The second kappa shape index (κ2) is 9.59. The van der Waals surface area contributed by atoms with Gasteiger partial charge in [0, 0.05) is 19.3 Å². The molecule has 1 fully saturated rings. The van der Waals surface area contributed by atoms with Gasteiger partial charge in [-0.2, -0.15) is 0 Å². The average Bonchev–Trinajstić information content (AvgIpc) is 3.10. The van der Waals surface area contributed by atoms with E-state index in [9.17, 15) is 21.6 Å². The summed E-state index contributed by atoms with van der Waals surface area (Å²) in [5, 5.41) is 0. The van der Waals surface area contributed by atoms with E-state index in [0.717, 1.165) is 19.1 Å². The number of sulfone groups is 2. The van der Waals surface area contributed by atoms with Crippen LogP contribution < -0.4 is 9.47 Å². The van der Waals surface area contributed by atoms with Gasteiger partial charge in [-0.25, -0.2) is 21.6 Å². The monoisotopic (exact) mass is 537 g/mol. The van der Waals surface area contributed by atoms with Crippen LogP contribution in [0, 0.1) is 5.92 Å². The number of carbonyl (C=O) groups excluding carboxylic acids is 1. The maximum Gasteiger partial charge on any atom is 0.410 e. The number of nitrogens with zero attached hydrogens (tertiary/aromatic N) is 1. The Kier molecular flexibility index (Phi) is 7.00. The molecule has 4 rings (SSSR count). The number of rotatable bonds is 5. The fourth-order valence-corrected chi connectivity index (χ4v) is 6.12. The summed E-state index contributed by atoms with van der Waals surface area (Å²) < 4.78 is 65.8. The van der Waals surface area contributed by atoms with Gasteiger partial charge < -0.3 is 19.1 Å². The van der Waals surface area contributed by atoms with Crippen LogP contribution in [-0.2, 0) is 24.4 Å². The molecule has 0 spiro atoms. The van der Waals surface area contributed by atoms with Gasteiger partial charge in [-0.3, -0.25) is 0 Å². The Morgan fingerprint density at radius 2 is 1.72 bits per heavy atom. The third kappa shape index (κ3) is 5.95. The molecule has 2 aromatic rings. The van der Waals surface area contributed by atoms with Gasteiger partial charge in [0.25, 0.3) is 0 Å². The lowest BCUT2D eigenvalue weighted by Crippen LogP contribution is -2.42. The molecule has 0 aromatic heterocycles. The highest BCUT2D eigenvalue weighted by Crippen LogP contribution is 2.37. The Hall–Kier alpha value is -2.79. The van der Waals surface area contributed by atoms with Gasteiger partial charge in [0.1, 0.15) is 26.9 Å². The SMILES string of the molecule is CC(C)(C)OC(=O)N1CCC(COc2ccc(-c3ccc4c(c3)OCS4(=O)=O)cc2S(C)(=O)=O)CC1. The van der Waals surface area contributed by atoms with E-state index < -0.39 is 31.2 Å². The number of amides is 1.